The van der Waals surface area contributed by atoms with E-state index in [4.69, 9.17) is 9.72 Å². The van der Waals surface area contributed by atoms with E-state index in [1.54, 1.807) is 6.21 Å². The van der Waals surface area contributed by atoms with Crippen LogP contribution in [0.5, 0.6) is 5.75 Å². The van der Waals surface area contributed by atoms with Gasteiger partial charge in [-0.2, -0.15) is 5.10 Å². The Morgan fingerprint density at radius 2 is 1.68 bits per heavy atom. The minimum absolute atomic E-state index is 0.303. The number of hydrogen-bond donors (Lipinski definition) is 1. The van der Waals surface area contributed by atoms with Crippen LogP contribution in [0.25, 0.3) is 22.2 Å². The van der Waals surface area contributed by atoms with Crippen molar-refractivity contribution in [1.82, 2.24) is 10.4 Å². The highest BCUT2D eigenvalue weighted by atomic mass is 127. The molecule has 0 saturated carbocycles. The van der Waals surface area contributed by atoms with Gasteiger partial charge in [-0.25, -0.2) is 10.4 Å². The molecule has 5 rings (SSSR count). The Hall–Kier alpha value is -2.83. The van der Waals surface area contributed by atoms with Crippen LogP contribution in [0.15, 0.2) is 107 Å². The summed E-state index contributed by atoms with van der Waals surface area (Å²) in [5.74, 6) is 0.463. The van der Waals surface area contributed by atoms with Crippen LogP contribution in [0.3, 0.4) is 0 Å². The molecule has 0 atom stereocenters. The van der Waals surface area contributed by atoms with Crippen molar-refractivity contribution in [3.05, 3.63) is 125 Å². The third-order valence-electron chi connectivity index (χ3n) is 5.73. The number of amides is 1. The Morgan fingerprint density at radius 3 is 2.45 bits per heavy atom. The van der Waals surface area contributed by atoms with Gasteiger partial charge in [-0.05, 0) is 109 Å². The number of aromatic nitrogens is 1. The van der Waals surface area contributed by atoms with Crippen molar-refractivity contribution in [2.45, 2.75) is 6.61 Å². The maximum atomic E-state index is 13.2. The summed E-state index contributed by atoms with van der Waals surface area (Å²) in [5.41, 5.74) is 7.55. The molecule has 0 aliphatic rings. The fraction of sp³-hybridized carbons (Fsp3) is 0.0333. The van der Waals surface area contributed by atoms with Crippen LogP contribution in [0.1, 0.15) is 21.5 Å². The number of hydrogen-bond acceptors (Lipinski definition) is 4. The lowest BCUT2D eigenvalue weighted by Gasteiger charge is -2.11. The summed E-state index contributed by atoms with van der Waals surface area (Å²) in [5, 5.41) is 5.00. The quantitative estimate of drug-likeness (QED) is 0.103. The minimum atomic E-state index is -0.303. The zero-order valence-electron chi connectivity index (χ0n) is 19.9. The molecular weight excluding hydrogens is 768 g/mol. The summed E-state index contributed by atoms with van der Waals surface area (Å²) in [6, 6.07) is 31.3. The van der Waals surface area contributed by atoms with E-state index in [0.29, 0.717) is 12.2 Å². The number of nitrogens with one attached hydrogen (secondary N) is 1. The van der Waals surface area contributed by atoms with Crippen molar-refractivity contribution < 1.29 is 9.53 Å². The lowest BCUT2D eigenvalue weighted by atomic mass is 10.0. The van der Waals surface area contributed by atoms with Gasteiger partial charge in [0, 0.05) is 14.5 Å². The van der Waals surface area contributed by atoms with Crippen LogP contribution in [0.2, 0.25) is 0 Å². The first kappa shape index (κ1) is 26.8. The fourth-order valence-electron chi connectivity index (χ4n) is 3.87. The molecule has 0 fully saturated rings. The second-order valence-corrected chi connectivity index (χ2v) is 11.6. The van der Waals surface area contributed by atoms with Crippen LogP contribution < -0.4 is 10.2 Å². The van der Waals surface area contributed by atoms with Crippen LogP contribution in [0.4, 0.5) is 0 Å². The molecule has 0 bridgehead atoms. The molecule has 1 amide bonds. The molecule has 0 aliphatic heterocycles. The van der Waals surface area contributed by atoms with Crippen LogP contribution in [0, 0.1) is 7.14 Å². The van der Waals surface area contributed by atoms with Crippen molar-refractivity contribution in [3.63, 3.8) is 0 Å². The fourth-order valence-corrected chi connectivity index (χ4v) is 6.00. The van der Waals surface area contributed by atoms with E-state index >= 15 is 0 Å². The maximum absolute atomic E-state index is 13.2. The predicted octanol–water partition coefficient (Wildman–Crippen LogP) is 8.22. The highest BCUT2D eigenvalue weighted by Gasteiger charge is 2.14. The van der Waals surface area contributed by atoms with E-state index in [1.807, 2.05) is 72.8 Å². The van der Waals surface area contributed by atoms with Gasteiger partial charge in [0.2, 0.25) is 0 Å². The lowest BCUT2D eigenvalue weighted by molar-refractivity contribution is 0.0956. The van der Waals surface area contributed by atoms with E-state index in [2.05, 4.69) is 95.9 Å². The van der Waals surface area contributed by atoms with Gasteiger partial charge in [0.1, 0.15) is 12.4 Å². The number of carbonyl (C=O) groups excluding carboxylic acids is 1. The monoisotopic (exact) mass is 787 g/mol. The van der Waals surface area contributed by atoms with Gasteiger partial charge in [-0.15, -0.1) is 0 Å². The molecule has 0 aliphatic carbocycles. The summed E-state index contributed by atoms with van der Waals surface area (Å²) in [6.07, 6.45) is 1.62. The molecule has 1 aromatic heterocycles. The normalized spacial score (nSPS) is 11.1. The summed E-state index contributed by atoms with van der Waals surface area (Å²) < 4.78 is 9.00. The van der Waals surface area contributed by atoms with Crippen molar-refractivity contribution in [3.8, 4) is 17.0 Å². The number of hydrazone groups is 1. The van der Waals surface area contributed by atoms with Crippen LogP contribution in [-0.2, 0) is 6.61 Å². The first-order valence-electron chi connectivity index (χ1n) is 11.6. The Balaban J connectivity index is 1.32. The number of fused-ring (bicyclic) bond motifs is 1. The molecule has 188 valence electrons. The zero-order valence-corrected chi connectivity index (χ0v) is 25.8. The number of benzene rings is 4. The van der Waals surface area contributed by atoms with Gasteiger partial charge >= 0.3 is 0 Å². The highest BCUT2D eigenvalue weighted by Crippen LogP contribution is 2.32. The SMILES string of the molecule is O=C(N/N=C/c1cc(Br)c(OCc2ccc(I)cc2)c(I)c1)c1cc(-c2ccccc2)nc2ccccc12. The lowest BCUT2D eigenvalue weighted by Crippen LogP contribution is -2.18. The molecule has 5 nitrogen and oxygen atoms in total. The van der Waals surface area contributed by atoms with Gasteiger partial charge < -0.3 is 4.74 Å². The molecule has 1 N–H and O–H groups in total. The van der Waals surface area contributed by atoms with E-state index in [0.717, 1.165) is 47.1 Å². The van der Waals surface area contributed by atoms with E-state index in [1.165, 1.54) is 3.57 Å². The van der Waals surface area contributed by atoms with Gasteiger partial charge in [0.05, 0.1) is 31.0 Å². The summed E-state index contributed by atoms with van der Waals surface area (Å²) in [7, 11) is 0. The number of pyridine rings is 1. The predicted molar refractivity (Wildman–Crippen MR) is 173 cm³/mol. The standard InChI is InChI=1S/C30H20BrI2N3O2/c31-25-14-20(15-26(33)29(25)38-18-19-10-12-22(32)13-11-19)17-34-36-30(37)24-16-28(21-6-2-1-3-7-21)35-27-9-5-4-8-23(24)27/h1-17H,18H2,(H,36,37)/b34-17+. The number of para-hydroxylation sites is 1. The van der Waals surface area contributed by atoms with E-state index in [9.17, 15) is 4.79 Å². The Bertz CT molecular complexity index is 1620. The smallest absolute Gasteiger partial charge is 0.272 e. The van der Waals surface area contributed by atoms with Gasteiger partial charge in [0.25, 0.3) is 5.91 Å². The Kier molecular flexibility index (Phi) is 8.70. The summed E-state index contributed by atoms with van der Waals surface area (Å²) in [6.45, 7) is 0.472. The van der Waals surface area contributed by atoms with Crippen LogP contribution in [-0.4, -0.2) is 17.1 Å². The number of ether oxygens (including phenoxy) is 1. The molecule has 38 heavy (non-hydrogen) atoms. The minimum Gasteiger partial charge on any atom is -0.487 e. The highest BCUT2D eigenvalue weighted by molar-refractivity contribution is 14.1. The first-order chi connectivity index (χ1) is 18.5. The average Bonchev–Trinajstić information content (AvgIpc) is 2.93. The second-order valence-electron chi connectivity index (χ2n) is 8.37. The zero-order chi connectivity index (χ0) is 26.5. The number of halogens is 3. The molecule has 0 unspecified atom stereocenters. The van der Waals surface area contributed by atoms with Gasteiger partial charge in [0.15, 0.2) is 0 Å². The van der Waals surface area contributed by atoms with Crippen molar-refractivity contribution in [2.75, 3.05) is 0 Å². The molecule has 0 saturated heterocycles. The van der Waals surface area contributed by atoms with E-state index in [-0.39, 0.29) is 5.91 Å². The molecule has 0 spiro atoms. The average molecular weight is 788 g/mol. The molecular formula is C30H20BrI2N3O2. The Morgan fingerprint density at radius 1 is 0.947 bits per heavy atom. The molecule has 1 heterocycles. The third-order valence-corrected chi connectivity index (χ3v) is 7.84. The largest absolute Gasteiger partial charge is 0.487 e. The van der Waals surface area contributed by atoms with Crippen molar-refractivity contribution in [1.29, 1.82) is 0 Å². The molecule has 4 aromatic carbocycles. The van der Waals surface area contributed by atoms with Gasteiger partial charge in [-0.1, -0.05) is 60.7 Å². The van der Waals surface area contributed by atoms with Crippen LogP contribution >= 0.6 is 61.1 Å². The van der Waals surface area contributed by atoms with Crippen molar-refractivity contribution in [2.24, 2.45) is 5.10 Å². The summed E-state index contributed by atoms with van der Waals surface area (Å²) >= 11 is 8.14. The molecule has 8 heteroatoms. The number of carbonyl (C=O) groups is 1. The van der Waals surface area contributed by atoms with Crippen molar-refractivity contribution >= 4 is 84.1 Å². The Labute approximate surface area is 256 Å². The topological polar surface area (TPSA) is 63.6 Å². The van der Waals surface area contributed by atoms with Gasteiger partial charge in [-0.3, -0.25) is 4.79 Å². The second kappa shape index (κ2) is 12.4. The number of rotatable bonds is 7. The maximum Gasteiger partial charge on any atom is 0.272 e. The first-order valence-corrected chi connectivity index (χ1v) is 14.6. The molecule has 5 aromatic rings. The summed E-state index contributed by atoms with van der Waals surface area (Å²) in [4.78, 5) is 17.9. The number of nitrogens with zero attached hydrogens (tertiary/aromatic N) is 2. The van der Waals surface area contributed by atoms with E-state index < -0.39 is 0 Å². The third kappa shape index (κ3) is 6.41. The molecule has 0 radical (unpaired) electrons.